The van der Waals surface area contributed by atoms with E-state index in [0.29, 0.717) is 13.0 Å². The van der Waals surface area contributed by atoms with E-state index in [1.165, 1.54) is 23.8 Å². The molecule has 0 spiro atoms. The van der Waals surface area contributed by atoms with Crippen molar-refractivity contribution in [2.75, 3.05) is 6.54 Å². The molecule has 0 aliphatic rings. The Labute approximate surface area is 149 Å². The summed E-state index contributed by atoms with van der Waals surface area (Å²) in [5.74, 6) is -0.365. The molecule has 1 amide bonds. The number of nitro benzene ring substituents is 1. The Kier molecular flexibility index (Phi) is 4.72. The molecule has 0 saturated carbocycles. The van der Waals surface area contributed by atoms with Crippen molar-refractivity contribution < 1.29 is 9.72 Å². The summed E-state index contributed by atoms with van der Waals surface area (Å²) in [7, 11) is 0. The third-order valence-electron chi connectivity index (χ3n) is 4.01. The molecule has 0 aliphatic carbocycles. The summed E-state index contributed by atoms with van der Waals surface area (Å²) in [6.45, 7) is 2.46. The van der Waals surface area contributed by atoms with Gasteiger partial charge in [0.05, 0.1) is 4.92 Å². The van der Waals surface area contributed by atoms with Gasteiger partial charge >= 0.3 is 0 Å². The summed E-state index contributed by atoms with van der Waals surface area (Å²) in [5.41, 5.74) is 3.28. The number of aryl methyl sites for hydroxylation is 1. The number of aromatic nitrogens is 1. The molecule has 2 N–H and O–H groups in total. The highest BCUT2D eigenvalue weighted by Crippen LogP contribution is 2.25. The van der Waals surface area contributed by atoms with Gasteiger partial charge in [0.2, 0.25) is 0 Å². The Hall–Kier alpha value is -2.86. The molecule has 25 heavy (non-hydrogen) atoms. The molecule has 0 unspecified atom stereocenters. The van der Waals surface area contributed by atoms with Crippen molar-refractivity contribution in [1.82, 2.24) is 10.3 Å². The van der Waals surface area contributed by atoms with E-state index in [1.54, 1.807) is 0 Å². The fourth-order valence-electron chi connectivity index (χ4n) is 2.71. The quantitative estimate of drug-likeness (QED) is 0.534. The maximum Gasteiger partial charge on any atom is 0.288 e. The Morgan fingerprint density at radius 1 is 1.28 bits per heavy atom. The van der Waals surface area contributed by atoms with Gasteiger partial charge in [-0.25, -0.2) is 0 Å². The van der Waals surface area contributed by atoms with Crippen LogP contribution in [0.15, 0.2) is 42.6 Å². The SMILES string of the molecule is Cc1ccc2[nH]cc(CCNC(=O)c3ccc(Cl)c([N+](=O)[O-])c3)c2c1. The fourth-order valence-corrected chi connectivity index (χ4v) is 2.89. The number of nitrogens with zero attached hydrogens (tertiary/aromatic N) is 1. The Balaban J connectivity index is 1.67. The number of hydrogen-bond acceptors (Lipinski definition) is 3. The summed E-state index contributed by atoms with van der Waals surface area (Å²) >= 11 is 5.76. The highest BCUT2D eigenvalue weighted by molar-refractivity contribution is 6.32. The average molecular weight is 358 g/mol. The molecule has 6 nitrogen and oxygen atoms in total. The molecule has 0 aliphatic heterocycles. The van der Waals surface area contributed by atoms with E-state index in [1.807, 2.05) is 25.3 Å². The number of carbonyl (C=O) groups excluding carboxylic acids is 1. The van der Waals surface area contributed by atoms with Crippen LogP contribution in [0.2, 0.25) is 5.02 Å². The van der Waals surface area contributed by atoms with Crippen molar-refractivity contribution in [3.05, 3.63) is 74.4 Å². The van der Waals surface area contributed by atoms with Gasteiger partial charge in [0.25, 0.3) is 11.6 Å². The lowest BCUT2D eigenvalue weighted by Gasteiger charge is -2.06. The zero-order valence-corrected chi connectivity index (χ0v) is 14.3. The summed E-state index contributed by atoms with van der Waals surface area (Å²) in [4.78, 5) is 25.7. The van der Waals surface area contributed by atoms with E-state index >= 15 is 0 Å². The molecule has 0 fully saturated rings. The van der Waals surface area contributed by atoms with Gasteiger partial charge in [0.1, 0.15) is 5.02 Å². The predicted molar refractivity (Wildman–Crippen MR) is 97.2 cm³/mol. The van der Waals surface area contributed by atoms with E-state index in [-0.39, 0.29) is 22.2 Å². The molecule has 7 heteroatoms. The van der Waals surface area contributed by atoms with Crippen LogP contribution in [-0.4, -0.2) is 22.4 Å². The van der Waals surface area contributed by atoms with E-state index < -0.39 is 4.92 Å². The molecule has 2 aromatic carbocycles. The molecule has 1 aromatic heterocycles. The number of benzene rings is 2. The largest absolute Gasteiger partial charge is 0.361 e. The number of nitrogens with one attached hydrogen (secondary N) is 2. The van der Waals surface area contributed by atoms with E-state index in [9.17, 15) is 14.9 Å². The van der Waals surface area contributed by atoms with Gasteiger partial charge in [-0.2, -0.15) is 0 Å². The number of rotatable bonds is 5. The second-order valence-corrected chi connectivity index (χ2v) is 6.20. The van der Waals surface area contributed by atoms with E-state index in [4.69, 9.17) is 11.6 Å². The number of halogens is 1. The number of H-pyrrole nitrogens is 1. The minimum Gasteiger partial charge on any atom is -0.361 e. The summed E-state index contributed by atoms with van der Waals surface area (Å²) < 4.78 is 0. The summed E-state index contributed by atoms with van der Waals surface area (Å²) in [5, 5.41) is 14.8. The fraction of sp³-hybridized carbons (Fsp3) is 0.167. The van der Waals surface area contributed by atoms with Crippen molar-refractivity contribution in [2.45, 2.75) is 13.3 Å². The van der Waals surface area contributed by atoms with Gasteiger partial charge < -0.3 is 10.3 Å². The van der Waals surface area contributed by atoms with Crippen LogP contribution in [0.1, 0.15) is 21.5 Å². The molecule has 0 saturated heterocycles. The lowest BCUT2D eigenvalue weighted by atomic mass is 10.1. The number of amides is 1. The first kappa shape index (κ1) is 17.0. The van der Waals surface area contributed by atoms with Crippen LogP contribution in [0.25, 0.3) is 10.9 Å². The van der Waals surface area contributed by atoms with Gasteiger partial charge in [0.15, 0.2) is 0 Å². The number of aromatic amines is 1. The number of nitro groups is 1. The van der Waals surface area contributed by atoms with Crippen LogP contribution in [0.5, 0.6) is 0 Å². The third-order valence-corrected chi connectivity index (χ3v) is 4.33. The monoisotopic (exact) mass is 357 g/mol. The smallest absolute Gasteiger partial charge is 0.288 e. The van der Waals surface area contributed by atoms with Gasteiger partial charge in [-0.1, -0.05) is 23.2 Å². The molecular formula is C18H16ClN3O3. The molecular weight excluding hydrogens is 342 g/mol. The molecule has 0 radical (unpaired) electrons. The minimum absolute atomic E-state index is 0.00992. The first-order chi connectivity index (χ1) is 12.0. The Morgan fingerprint density at radius 3 is 2.84 bits per heavy atom. The van der Waals surface area contributed by atoms with Gasteiger partial charge in [-0.3, -0.25) is 14.9 Å². The average Bonchev–Trinajstić information content (AvgIpc) is 2.97. The van der Waals surface area contributed by atoms with Crippen molar-refractivity contribution >= 4 is 34.1 Å². The molecule has 1 heterocycles. The van der Waals surface area contributed by atoms with Crippen LogP contribution < -0.4 is 5.32 Å². The van der Waals surface area contributed by atoms with Gasteiger partial charge in [-0.05, 0) is 43.2 Å². The Morgan fingerprint density at radius 2 is 2.08 bits per heavy atom. The number of hydrogen-bond donors (Lipinski definition) is 2. The normalized spacial score (nSPS) is 10.8. The van der Waals surface area contributed by atoms with Crippen LogP contribution in [0, 0.1) is 17.0 Å². The molecule has 128 valence electrons. The predicted octanol–water partition coefficient (Wildman–Crippen LogP) is 4.01. The maximum atomic E-state index is 12.2. The topological polar surface area (TPSA) is 88.0 Å². The number of fused-ring (bicyclic) bond motifs is 1. The first-order valence-electron chi connectivity index (χ1n) is 7.74. The van der Waals surface area contributed by atoms with E-state index in [2.05, 4.69) is 16.4 Å². The zero-order chi connectivity index (χ0) is 18.0. The van der Waals surface area contributed by atoms with Crippen molar-refractivity contribution in [3.8, 4) is 0 Å². The number of carbonyl (C=O) groups is 1. The first-order valence-corrected chi connectivity index (χ1v) is 8.12. The molecule has 3 rings (SSSR count). The Bertz CT molecular complexity index is 965. The third kappa shape index (κ3) is 3.64. The van der Waals surface area contributed by atoms with Crippen LogP contribution in [0.4, 0.5) is 5.69 Å². The highest BCUT2D eigenvalue weighted by Gasteiger charge is 2.16. The zero-order valence-electron chi connectivity index (χ0n) is 13.5. The molecule has 0 bridgehead atoms. The lowest BCUT2D eigenvalue weighted by molar-refractivity contribution is -0.384. The van der Waals surface area contributed by atoms with Crippen LogP contribution in [0.3, 0.4) is 0 Å². The minimum atomic E-state index is -0.604. The highest BCUT2D eigenvalue weighted by atomic mass is 35.5. The second kappa shape index (κ2) is 6.94. The maximum absolute atomic E-state index is 12.2. The van der Waals surface area contributed by atoms with Crippen LogP contribution >= 0.6 is 11.6 Å². The van der Waals surface area contributed by atoms with Crippen molar-refractivity contribution in [2.24, 2.45) is 0 Å². The van der Waals surface area contributed by atoms with E-state index in [0.717, 1.165) is 16.5 Å². The van der Waals surface area contributed by atoms with Crippen molar-refractivity contribution in [1.29, 1.82) is 0 Å². The summed E-state index contributed by atoms with van der Waals surface area (Å²) in [6, 6.07) is 10.2. The second-order valence-electron chi connectivity index (χ2n) is 5.79. The standard InChI is InChI=1S/C18H16ClN3O3/c1-11-2-5-16-14(8-11)13(10-21-16)6-7-20-18(23)12-3-4-15(19)17(9-12)22(24)25/h2-5,8-10,21H,6-7H2,1H3,(H,20,23). The lowest BCUT2D eigenvalue weighted by Crippen LogP contribution is -2.25. The van der Waals surface area contributed by atoms with Gasteiger partial charge in [-0.15, -0.1) is 0 Å². The van der Waals surface area contributed by atoms with Crippen LogP contribution in [-0.2, 0) is 6.42 Å². The molecule has 0 atom stereocenters. The van der Waals surface area contributed by atoms with Crippen molar-refractivity contribution in [3.63, 3.8) is 0 Å². The van der Waals surface area contributed by atoms with Gasteiger partial charge in [0, 0.05) is 35.3 Å². The molecule has 3 aromatic rings. The summed E-state index contributed by atoms with van der Waals surface area (Å²) in [6.07, 6.45) is 2.59.